The van der Waals surface area contributed by atoms with Crippen molar-refractivity contribution in [3.05, 3.63) is 82.3 Å². The maximum Gasteiger partial charge on any atom is 0.276 e. The van der Waals surface area contributed by atoms with E-state index in [2.05, 4.69) is 36.7 Å². The van der Waals surface area contributed by atoms with E-state index in [9.17, 15) is 28.8 Å². The van der Waals surface area contributed by atoms with E-state index < -0.39 is 72.2 Å². The minimum Gasteiger partial charge on any atom is -0.497 e. The number of hydrogen-bond donors (Lipinski definition) is 6. The molecule has 60 heavy (non-hydrogen) atoms. The third-order valence-electron chi connectivity index (χ3n) is 10.7. The van der Waals surface area contributed by atoms with Crippen LogP contribution in [-0.2, 0) is 43.9 Å². The van der Waals surface area contributed by atoms with Gasteiger partial charge in [-0.15, -0.1) is 0 Å². The van der Waals surface area contributed by atoms with Crippen LogP contribution in [-0.4, -0.2) is 106 Å². The second kappa shape index (κ2) is 19.9. The first-order valence-corrected chi connectivity index (χ1v) is 20.5. The number of hydrogen-bond acceptors (Lipinski definition) is 8. The molecule has 6 amide bonds. The van der Waals surface area contributed by atoms with E-state index in [0.717, 1.165) is 16.5 Å². The number of aromatic nitrogens is 3. The van der Waals surface area contributed by atoms with Gasteiger partial charge in [0.2, 0.25) is 29.5 Å². The molecule has 5 atom stereocenters. The molecule has 2 aromatic carbocycles. The third kappa shape index (κ3) is 11.2. The molecule has 322 valence electrons. The average molecular weight is 846 g/mol. The van der Waals surface area contributed by atoms with Crippen molar-refractivity contribution < 1.29 is 33.5 Å². The average Bonchev–Trinajstić information content (AvgIpc) is 3.73. The lowest BCUT2D eigenvalue weighted by Gasteiger charge is -2.32. The van der Waals surface area contributed by atoms with Gasteiger partial charge in [-0.25, -0.2) is 0 Å². The summed E-state index contributed by atoms with van der Waals surface area (Å²) in [5.41, 5.74) is 2.71. The van der Waals surface area contributed by atoms with Crippen LogP contribution in [0.15, 0.2) is 54.7 Å². The predicted octanol–water partition coefficient (Wildman–Crippen LogP) is 2.96. The smallest absolute Gasteiger partial charge is 0.276 e. The normalized spacial score (nSPS) is 21.5. The number of fused-ring (bicyclic) bond motifs is 1. The minimum absolute atomic E-state index is 0.0296. The van der Waals surface area contributed by atoms with E-state index in [1.54, 1.807) is 44.4 Å². The summed E-state index contributed by atoms with van der Waals surface area (Å²) in [5, 5.41) is 19.5. The summed E-state index contributed by atoms with van der Waals surface area (Å²) in [6, 6.07) is 9.25. The zero-order valence-electron chi connectivity index (χ0n) is 35.4. The van der Waals surface area contributed by atoms with E-state index in [-0.39, 0.29) is 48.4 Å². The first kappa shape index (κ1) is 45.2. The van der Waals surface area contributed by atoms with Gasteiger partial charge in [-0.1, -0.05) is 69.6 Å². The highest BCUT2D eigenvalue weighted by Gasteiger charge is 2.35. The molecule has 0 radical (unpaired) electrons. The number of benzene rings is 2. The Balaban J connectivity index is 1.57. The topological polar surface area (TPSA) is 209 Å². The number of nitrogens with zero attached hydrogens (tertiary/aromatic N) is 3. The van der Waals surface area contributed by atoms with Crippen molar-refractivity contribution in [3.63, 3.8) is 0 Å². The fourth-order valence-electron chi connectivity index (χ4n) is 7.03. The number of para-hydroxylation sites is 1. The second-order valence-electron chi connectivity index (χ2n) is 16.1. The maximum atomic E-state index is 14.4. The fraction of sp³-hybridized carbons (Fsp3) is 0.465. The van der Waals surface area contributed by atoms with E-state index in [1.807, 2.05) is 52.0 Å². The molecule has 0 saturated carbocycles. The van der Waals surface area contributed by atoms with Crippen LogP contribution in [0.25, 0.3) is 10.9 Å². The summed E-state index contributed by atoms with van der Waals surface area (Å²) in [5.74, 6) is -3.51. The lowest BCUT2D eigenvalue weighted by Crippen LogP contribution is -2.60. The molecule has 2 aromatic heterocycles. The predicted molar refractivity (Wildman–Crippen MR) is 227 cm³/mol. The van der Waals surface area contributed by atoms with Gasteiger partial charge in [0.15, 0.2) is 5.69 Å². The molecule has 5 rings (SSSR count). The van der Waals surface area contributed by atoms with E-state index in [0.29, 0.717) is 17.0 Å². The van der Waals surface area contributed by atoms with Crippen LogP contribution in [0.3, 0.4) is 0 Å². The molecule has 16 nitrogen and oxygen atoms in total. The molecule has 0 unspecified atom stereocenters. The Morgan fingerprint density at radius 1 is 0.850 bits per heavy atom. The Hall–Kier alpha value is -5.90. The molecular weight excluding hydrogens is 790 g/mol. The molecule has 0 spiro atoms. The van der Waals surface area contributed by atoms with Crippen molar-refractivity contribution in [2.75, 3.05) is 20.2 Å². The highest BCUT2D eigenvalue weighted by Crippen LogP contribution is 2.23. The zero-order chi connectivity index (χ0) is 43.8. The van der Waals surface area contributed by atoms with Crippen molar-refractivity contribution in [2.24, 2.45) is 18.9 Å². The van der Waals surface area contributed by atoms with Gasteiger partial charge < -0.3 is 41.2 Å². The summed E-state index contributed by atoms with van der Waals surface area (Å²) in [6.45, 7) is 10.0. The largest absolute Gasteiger partial charge is 0.497 e. The van der Waals surface area contributed by atoms with Gasteiger partial charge in [-0.2, -0.15) is 5.10 Å². The second-order valence-corrected chi connectivity index (χ2v) is 16.5. The highest BCUT2D eigenvalue weighted by molar-refractivity contribution is 6.34. The molecule has 1 aliphatic rings. The zero-order valence-corrected chi connectivity index (χ0v) is 36.1. The monoisotopic (exact) mass is 845 g/mol. The summed E-state index contributed by atoms with van der Waals surface area (Å²) in [4.78, 5) is 89.3. The maximum absolute atomic E-state index is 14.4. The highest BCUT2D eigenvalue weighted by atomic mass is 35.5. The Kier molecular flexibility index (Phi) is 15.0. The SMILES string of the molecule is COc1ccc(C[C@@H]2NC(=O)[C@H](CC(C)C)NC(=O)[C@@H](Cc3c[nH]c4ccccc34)NC(=O)CN(C(=O)c3nn(C)c(C)c3Cl)C[C@H](C(C)C)NC(=O)[C@@H](C)NC2=O)cc1. The Morgan fingerprint density at radius 2 is 1.48 bits per heavy atom. The number of nitrogens with one attached hydrogen (secondary N) is 6. The van der Waals surface area contributed by atoms with Gasteiger partial charge in [0, 0.05) is 49.6 Å². The quantitative estimate of drug-likeness (QED) is 0.147. The Bertz CT molecular complexity index is 2200. The van der Waals surface area contributed by atoms with Crippen molar-refractivity contribution in [3.8, 4) is 5.75 Å². The molecule has 6 N–H and O–H groups in total. The number of amides is 6. The molecule has 17 heteroatoms. The number of carbonyl (C=O) groups is 6. The minimum atomic E-state index is -1.21. The number of rotatable bonds is 9. The standard InChI is InChI=1S/C43H56ClN9O7/c1-23(2)17-32-41(57)49-33(18-27-13-15-29(60-8)16-14-27)40(56)46-25(5)39(55)50-35(24(3)4)21-53(43(59)38-37(44)26(6)52(7)51-38)22-36(54)47-34(42(58)48-32)19-28-20-45-31-12-10-9-11-30(28)31/h9-16,20,23-25,32-35,45H,17-19,21-22H2,1-8H3,(H,46,56)(H,47,54)(H,48,58)(H,49,57)(H,50,55)/t25-,32+,33+,34-,35-/m1/s1. The van der Waals surface area contributed by atoms with Gasteiger partial charge in [-0.05, 0) is 61.4 Å². The Labute approximate surface area is 354 Å². The van der Waals surface area contributed by atoms with E-state index in [1.165, 1.54) is 23.6 Å². The number of aromatic amines is 1. The van der Waals surface area contributed by atoms with Gasteiger partial charge in [0.1, 0.15) is 29.9 Å². The number of aryl methyl sites for hydroxylation is 1. The first-order valence-electron chi connectivity index (χ1n) is 20.1. The van der Waals surface area contributed by atoms with Gasteiger partial charge in [0.25, 0.3) is 5.91 Å². The lowest BCUT2D eigenvalue weighted by molar-refractivity contribution is -0.135. The van der Waals surface area contributed by atoms with Crippen LogP contribution >= 0.6 is 11.6 Å². The molecule has 0 aliphatic carbocycles. The van der Waals surface area contributed by atoms with Crippen LogP contribution in [0, 0.1) is 18.8 Å². The van der Waals surface area contributed by atoms with Crippen molar-refractivity contribution in [2.45, 2.75) is 91.0 Å². The van der Waals surface area contributed by atoms with Crippen LogP contribution in [0.4, 0.5) is 0 Å². The third-order valence-corrected chi connectivity index (χ3v) is 11.2. The van der Waals surface area contributed by atoms with Crippen molar-refractivity contribution in [1.82, 2.24) is 46.2 Å². The number of methoxy groups -OCH3 is 1. The van der Waals surface area contributed by atoms with E-state index >= 15 is 0 Å². The van der Waals surface area contributed by atoms with Gasteiger partial charge >= 0.3 is 0 Å². The van der Waals surface area contributed by atoms with Crippen LogP contribution in [0.5, 0.6) is 5.75 Å². The number of halogens is 1. The Morgan fingerprint density at radius 3 is 2.12 bits per heavy atom. The summed E-state index contributed by atoms with van der Waals surface area (Å²) < 4.78 is 6.74. The number of ether oxygens (including phenoxy) is 1. The number of H-pyrrole nitrogens is 1. The molecule has 1 aliphatic heterocycles. The fourth-order valence-corrected chi connectivity index (χ4v) is 7.27. The van der Waals surface area contributed by atoms with Crippen molar-refractivity contribution >= 4 is 57.9 Å². The lowest BCUT2D eigenvalue weighted by atomic mass is 9.99. The summed E-state index contributed by atoms with van der Waals surface area (Å²) in [7, 11) is 3.18. The molecular formula is C43H56ClN9O7. The van der Waals surface area contributed by atoms with Crippen molar-refractivity contribution in [1.29, 1.82) is 0 Å². The molecule has 4 aromatic rings. The molecule has 1 fully saturated rings. The molecule has 0 bridgehead atoms. The van der Waals surface area contributed by atoms with Crippen LogP contribution in [0.1, 0.15) is 68.3 Å². The van der Waals surface area contributed by atoms with Crippen LogP contribution in [0.2, 0.25) is 5.02 Å². The molecule has 3 heterocycles. The number of carbonyl (C=O) groups excluding carboxylic acids is 6. The van der Waals surface area contributed by atoms with Crippen LogP contribution < -0.4 is 31.3 Å². The molecule has 1 saturated heterocycles. The summed E-state index contributed by atoms with van der Waals surface area (Å²) in [6.07, 6.45) is 2.04. The van der Waals surface area contributed by atoms with Gasteiger partial charge in [0.05, 0.1) is 24.4 Å². The first-order chi connectivity index (χ1) is 28.4. The van der Waals surface area contributed by atoms with Gasteiger partial charge in [-0.3, -0.25) is 33.4 Å². The summed E-state index contributed by atoms with van der Waals surface area (Å²) >= 11 is 6.57. The van der Waals surface area contributed by atoms with E-state index in [4.69, 9.17) is 16.3 Å².